The SMILES string of the molecule is CCC(c1ccccc1OC)N1CCCC(C(=O)O)C1. The number of carbonyl (C=O) groups is 1. The lowest BCUT2D eigenvalue weighted by atomic mass is 9.93. The molecule has 0 bridgehead atoms. The van der Waals surface area contributed by atoms with Crippen molar-refractivity contribution in [2.24, 2.45) is 5.92 Å². The number of likely N-dealkylation sites (tertiary alicyclic amines) is 1. The van der Waals surface area contributed by atoms with E-state index < -0.39 is 5.97 Å². The van der Waals surface area contributed by atoms with Crippen LogP contribution in [0.1, 0.15) is 37.8 Å². The lowest BCUT2D eigenvalue weighted by molar-refractivity contribution is -0.144. The average Bonchev–Trinajstić information content (AvgIpc) is 2.49. The first kappa shape index (κ1) is 14.9. The van der Waals surface area contributed by atoms with E-state index in [1.807, 2.05) is 18.2 Å². The van der Waals surface area contributed by atoms with Gasteiger partial charge < -0.3 is 9.84 Å². The van der Waals surface area contributed by atoms with Crippen LogP contribution in [0.25, 0.3) is 0 Å². The highest BCUT2D eigenvalue weighted by atomic mass is 16.5. The number of rotatable bonds is 5. The quantitative estimate of drug-likeness (QED) is 0.899. The Bertz CT molecular complexity index is 461. The van der Waals surface area contributed by atoms with Crippen LogP contribution in [0.3, 0.4) is 0 Å². The van der Waals surface area contributed by atoms with Crippen LogP contribution in [0.15, 0.2) is 24.3 Å². The van der Waals surface area contributed by atoms with E-state index in [1.54, 1.807) is 7.11 Å². The molecule has 1 saturated heterocycles. The molecule has 0 spiro atoms. The van der Waals surface area contributed by atoms with E-state index in [4.69, 9.17) is 4.74 Å². The van der Waals surface area contributed by atoms with E-state index in [9.17, 15) is 9.90 Å². The summed E-state index contributed by atoms with van der Waals surface area (Å²) in [4.78, 5) is 13.5. The first-order valence-electron chi connectivity index (χ1n) is 7.27. The Morgan fingerprint density at radius 1 is 1.50 bits per heavy atom. The molecule has 1 aliphatic rings. The van der Waals surface area contributed by atoms with E-state index in [2.05, 4.69) is 17.9 Å². The molecule has 2 unspecified atom stereocenters. The smallest absolute Gasteiger partial charge is 0.307 e. The Balaban J connectivity index is 2.21. The van der Waals surface area contributed by atoms with Crippen LogP contribution < -0.4 is 4.74 Å². The van der Waals surface area contributed by atoms with E-state index in [0.29, 0.717) is 6.54 Å². The van der Waals surface area contributed by atoms with Gasteiger partial charge in [-0.1, -0.05) is 25.1 Å². The van der Waals surface area contributed by atoms with Crippen molar-refractivity contribution >= 4 is 5.97 Å². The van der Waals surface area contributed by atoms with Crippen LogP contribution in [0.4, 0.5) is 0 Å². The number of piperidine rings is 1. The zero-order valence-electron chi connectivity index (χ0n) is 12.2. The Morgan fingerprint density at radius 2 is 2.25 bits per heavy atom. The molecule has 20 heavy (non-hydrogen) atoms. The van der Waals surface area contributed by atoms with Crippen molar-refractivity contribution in [1.29, 1.82) is 0 Å². The third-order valence-corrected chi connectivity index (χ3v) is 4.13. The number of hydrogen-bond acceptors (Lipinski definition) is 3. The van der Waals surface area contributed by atoms with Gasteiger partial charge in [0.1, 0.15) is 5.75 Å². The number of carboxylic acid groups (broad SMARTS) is 1. The maximum atomic E-state index is 11.2. The summed E-state index contributed by atoms with van der Waals surface area (Å²) in [6, 6.07) is 8.26. The molecule has 2 atom stereocenters. The maximum absolute atomic E-state index is 11.2. The molecule has 1 aliphatic heterocycles. The molecule has 2 rings (SSSR count). The molecule has 110 valence electrons. The molecule has 0 aliphatic carbocycles. The van der Waals surface area contributed by atoms with E-state index in [-0.39, 0.29) is 12.0 Å². The molecule has 4 nitrogen and oxygen atoms in total. The Hall–Kier alpha value is -1.55. The second-order valence-electron chi connectivity index (χ2n) is 5.34. The molecule has 0 saturated carbocycles. The summed E-state index contributed by atoms with van der Waals surface area (Å²) in [6.07, 6.45) is 2.68. The topological polar surface area (TPSA) is 49.8 Å². The molecule has 0 aromatic heterocycles. The molecule has 4 heteroatoms. The number of hydrogen-bond donors (Lipinski definition) is 1. The minimum Gasteiger partial charge on any atom is -0.496 e. The molecule has 1 aromatic carbocycles. The van der Waals surface area contributed by atoms with Gasteiger partial charge in [0, 0.05) is 18.2 Å². The summed E-state index contributed by atoms with van der Waals surface area (Å²) < 4.78 is 5.45. The summed E-state index contributed by atoms with van der Waals surface area (Å²) in [6.45, 7) is 3.73. The van der Waals surface area contributed by atoms with Crippen LogP contribution >= 0.6 is 0 Å². The molecule has 1 fully saturated rings. The standard InChI is InChI=1S/C16H23NO3/c1-3-14(13-8-4-5-9-15(13)20-2)17-10-6-7-12(11-17)16(18)19/h4-5,8-9,12,14H,3,6-7,10-11H2,1-2H3,(H,18,19). The monoisotopic (exact) mass is 277 g/mol. The lowest BCUT2D eigenvalue weighted by Crippen LogP contribution is -2.40. The number of aliphatic carboxylic acids is 1. The number of para-hydroxylation sites is 1. The predicted octanol–water partition coefficient (Wildman–Crippen LogP) is 2.94. The van der Waals surface area contributed by atoms with Crippen molar-refractivity contribution in [2.45, 2.75) is 32.2 Å². The first-order chi connectivity index (χ1) is 9.67. The summed E-state index contributed by atoms with van der Waals surface area (Å²) in [5, 5.41) is 9.23. The van der Waals surface area contributed by atoms with Crippen molar-refractivity contribution in [3.8, 4) is 5.75 Å². The lowest BCUT2D eigenvalue weighted by Gasteiger charge is -2.37. The van der Waals surface area contributed by atoms with Crippen LogP contribution in [-0.2, 0) is 4.79 Å². The third-order valence-electron chi connectivity index (χ3n) is 4.13. The fourth-order valence-electron chi connectivity index (χ4n) is 3.11. The Morgan fingerprint density at radius 3 is 2.90 bits per heavy atom. The Kier molecular flexibility index (Phi) is 5.01. The highest BCUT2D eigenvalue weighted by molar-refractivity contribution is 5.70. The van der Waals surface area contributed by atoms with Crippen molar-refractivity contribution in [3.05, 3.63) is 29.8 Å². The molecular weight excluding hydrogens is 254 g/mol. The molecule has 0 amide bonds. The van der Waals surface area contributed by atoms with Crippen LogP contribution in [0.2, 0.25) is 0 Å². The number of ether oxygens (including phenoxy) is 1. The zero-order chi connectivity index (χ0) is 14.5. The molecule has 1 N–H and O–H groups in total. The first-order valence-corrected chi connectivity index (χ1v) is 7.27. The number of nitrogens with zero attached hydrogens (tertiary/aromatic N) is 1. The number of carboxylic acids is 1. The minimum absolute atomic E-state index is 0.230. The summed E-state index contributed by atoms with van der Waals surface area (Å²) in [7, 11) is 1.68. The van der Waals surface area contributed by atoms with Gasteiger partial charge in [-0.15, -0.1) is 0 Å². The second kappa shape index (κ2) is 6.75. The van der Waals surface area contributed by atoms with E-state index >= 15 is 0 Å². The number of benzene rings is 1. The molecular formula is C16H23NO3. The van der Waals surface area contributed by atoms with Gasteiger partial charge >= 0.3 is 5.97 Å². The largest absolute Gasteiger partial charge is 0.496 e. The van der Waals surface area contributed by atoms with Gasteiger partial charge in [0.15, 0.2) is 0 Å². The van der Waals surface area contributed by atoms with Gasteiger partial charge in [-0.25, -0.2) is 0 Å². The summed E-state index contributed by atoms with van der Waals surface area (Å²) >= 11 is 0. The van der Waals surface area contributed by atoms with Crippen molar-refractivity contribution in [1.82, 2.24) is 4.90 Å². The predicted molar refractivity (Wildman–Crippen MR) is 78.0 cm³/mol. The van der Waals surface area contributed by atoms with Gasteiger partial charge in [-0.2, -0.15) is 0 Å². The normalized spacial score (nSPS) is 21.4. The average molecular weight is 277 g/mol. The van der Waals surface area contributed by atoms with Gasteiger partial charge in [-0.05, 0) is 31.9 Å². The molecule has 1 heterocycles. The maximum Gasteiger partial charge on any atom is 0.307 e. The van der Waals surface area contributed by atoms with Crippen LogP contribution in [0, 0.1) is 5.92 Å². The highest BCUT2D eigenvalue weighted by Gasteiger charge is 2.30. The third kappa shape index (κ3) is 3.12. The van der Waals surface area contributed by atoms with Crippen molar-refractivity contribution < 1.29 is 14.6 Å². The van der Waals surface area contributed by atoms with Gasteiger partial charge in [-0.3, -0.25) is 9.69 Å². The van der Waals surface area contributed by atoms with Gasteiger partial charge in [0.05, 0.1) is 13.0 Å². The fourth-order valence-corrected chi connectivity index (χ4v) is 3.11. The van der Waals surface area contributed by atoms with Crippen molar-refractivity contribution in [3.63, 3.8) is 0 Å². The zero-order valence-corrected chi connectivity index (χ0v) is 12.2. The minimum atomic E-state index is -0.676. The number of methoxy groups -OCH3 is 1. The van der Waals surface area contributed by atoms with Crippen molar-refractivity contribution in [2.75, 3.05) is 20.2 Å². The highest BCUT2D eigenvalue weighted by Crippen LogP contribution is 2.34. The fraction of sp³-hybridized carbons (Fsp3) is 0.562. The van der Waals surface area contributed by atoms with Crippen LogP contribution in [-0.4, -0.2) is 36.2 Å². The summed E-state index contributed by atoms with van der Waals surface area (Å²) in [5.41, 5.74) is 1.16. The molecule has 0 radical (unpaired) electrons. The summed E-state index contributed by atoms with van der Waals surface area (Å²) in [5.74, 6) is -0.0334. The van der Waals surface area contributed by atoms with Gasteiger partial charge in [0.25, 0.3) is 0 Å². The molecule has 1 aromatic rings. The van der Waals surface area contributed by atoms with Gasteiger partial charge in [0.2, 0.25) is 0 Å². The second-order valence-corrected chi connectivity index (χ2v) is 5.34. The van der Waals surface area contributed by atoms with E-state index in [1.165, 1.54) is 0 Å². The Labute approximate surface area is 120 Å². The van der Waals surface area contributed by atoms with E-state index in [0.717, 1.165) is 37.1 Å². The van der Waals surface area contributed by atoms with Crippen LogP contribution in [0.5, 0.6) is 5.75 Å².